The van der Waals surface area contributed by atoms with E-state index in [0.29, 0.717) is 22.1 Å². The highest BCUT2D eigenvalue weighted by Crippen LogP contribution is 2.51. The van der Waals surface area contributed by atoms with Crippen LogP contribution in [0.4, 0.5) is 57.5 Å². The molecule has 3 aliphatic rings. The van der Waals surface area contributed by atoms with Gasteiger partial charge in [0, 0.05) is 36.6 Å². The molecule has 0 bridgehead atoms. The van der Waals surface area contributed by atoms with Gasteiger partial charge in [-0.25, -0.2) is 9.80 Å². The van der Waals surface area contributed by atoms with Crippen molar-refractivity contribution in [3.63, 3.8) is 0 Å². The van der Waals surface area contributed by atoms with Crippen molar-refractivity contribution < 1.29 is 67.1 Å². The molecular weight excluding hydrogens is 644 g/mol. The lowest BCUT2D eigenvalue weighted by molar-refractivity contribution is -0.283. The first-order valence-corrected chi connectivity index (χ1v) is 13.0. The van der Waals surface area contributed by atoms with Crippen molar-refractivity contribution >= 4 is 17.6 Å². The van der Waals surface area contributed by atoms with Gasteiger partial charge in [0.15, 0.2) is 0 Å². The number of carbonyl (C=O) groups is 2. The number of hydrazine groups is 1. The van der Waals surface area contributed by atoms with Crippen LogP contribution in [0.15, 0.2) is 46.7 Å². The van der Waals surface area contributed by atoms with Crippen molar-refractivity contribution in [1.82, 2.24) is 15.3 Å². The van der Waals surface area contributed by atoms with Crippen molar-refractivity contribution in [3.8, 4) is 0 Å². The Bertz CT molecular complexity index is 1440. The minimum atomic E-state index is -5.33. The van der Waals surface area contributed by atoms with E-state index in [1.165, 1.54) is 0 Å². The number of amides is 3. The zero-order chi connectivity index (χ0) is 33.8. The Kier molecular flexibility index (Phi) is 8.64. The molecule has 1 fully saturated rings. The summed E-state index contributed by atoms with van der Waals surface area (Å²) in [4.78, 5) is 30.2. The molecule has 0 aromatic heterocycles. The van der Waals surface area contributed by atoms with Gasteiger partial charge < -0.3 is 9.74 Å². The zero-order valence-corrected chi connectivity index (χ0v) is 22.8. The highest BCUT2D eigenvalue weighted by Gasteiger charge is 2.65. The molecular formula is C26H22F12N4O3. The third kappa shape index (κ3) is 7.16. The van der Waals surface area contributed by atoms with Crippen molar-refractivity contribution in [2.45, 2.75) is 56.5 Å². The van der Waals surface area contributed by atoms with Crippen LogP contribution in [-0.4, -0.2) is 71.3 Å². The molecule has 0 saturated carbocycles. The van der Waals surface area contributed by atoms with Gasteiger partial charge in [0.05, 0.1) is 16.8 Å². The summed E-state index contributed by atoms with van der Waals surface area (Å²) < 4.78 is 164. The lowest BCUT2D eigenvalue weighted by Crippen LogP contribution is -2.58. The fourth-order valence-corrected chi connectivity index (χ4v) is 5.25. The fourth-order valence-electron chi connectivity index (χ4n) is 5.25. The number of hydrogen-bond donors (Lipinski definition) is 1. The van der Waals surface area contributed by atoms with E-state index in [9.17, 15) is 62.3 Å². The van der Waals surface area contributed by atoms with Crippen LogP contribution in [0.25, 0.3) is 0 Å². The monoisotopic (exact) mass is 666 g/mol. The van der Waals surface area contributed by atoms with E-state index in [0.717, 1.165) is 19.1 Å². The lowest BCUT2D eigenvalue weighted by atomic mass is 9.75. The number of benzene rings is 1. The van der Waals surface area contributed by atoms with E-state index >= 15 is 0 Å². The molecule has 2 aliphatic heterocycles. The summed E-state index contributed by atoms with van der Waals surface area (Å²) in [5.74, 6) is -3.51. The second kappa shape index (κ2) is 11.5. The maximum absolute atomic E-state index is 14.4. The van der Waals surface area contributed by atoms with Crippen LogP contribution in [0.5, 0.6) is 0 Å². The van der Waals surface area contributed by atoms with Crippen LogP contribution in [0, 0.1) is 5.92 Å². The third-order valence-electron chi connectivity index (χ3n) is 7.32. The van der Waals surface area contributed by atoms with Crippen LogP contribution >= 0.6 is 0 Å². The van der Waals surface area contributed by atoms with Crippen LogP contribution < -0.4 is 5.43 Å². The molecule has 1 N–H and O–H groups in total. The van der Waals surface area contributed by atoms with Gasteiger partial charge in [0.2, 0.25) is 5.60 Å². The number of carbonyl (C=O) groups excluding carboxylic acids is 2. The topological polar surface area (TPSA) is 74.2 Å². The van der Waals surface area contributed by atoms with E-state index in [-0.39, 0.29) is 31.1 Å². The van der Waals surface area contributed by atoms with Gasteiger partial charge in [0.1, 0.15) is 6.54 Å². The van der Waals surface area contributed by atoms with Crippen molar-refractivity contribution in [2.75, 3.05) is 19.6 Å². The smallest absolute Gasteiger partial charge is 0.378 e. The number of rotatable bonds is 5. The Morgan fingerprint density at radius 1 is 1.02 bits per heavy atom. The van der Waals surface area contributed by atoms with Crippen LogP contribution in [0.2, 0.25) is 0 Å². The first-order valence-electron chi connectivity index (χ1n) is 13.0. The molecule has 1 saturated heterocycles. The summed E-state index contributed by atoms with van der Waals surface area (Å²) >= 11 is 0. The molecule has 1 aromatic carbocycles. The minimum Gasteiger partial charge on any atom is -0.378 e. The standard InChI is InChI=1S/C26H22F12N4O3/c1-13-7-15(10-16(8-13)24(30,31)32)22(26(36,37)38)11-19(40-45-22)14-3-4-17(18(9-14)25(33,34)35)20(43)39-42-6-2-5-41(21(42)44)12-23(27,28)29/h3-4,7-9,15H,2,5-6,10-12H2,1H3,(H,39,43). The molecule has 1 aliphatic carbocycles. The second-order valence-corrected chi connectivity index (χ2v) is 10.6. The first-order chi connectivity index (χ1) is 20.5. The number of alkyl halides is 12. The Balaban J connectivity index is 1.61. The van der Waals surface area contributed by atoms with Crippen LogP contribution in [-0.2, 0) is 11.0 Å². The molecule has 2 unspecified atom stereocenters. The third-order valence-corrected chi connectivity index (χ3v) is 7.32. The largest absolute Gasteiger partial charge is 0.431 e. The predicted octanol–water partition coefficient (Wildman–Crippen LogP) is 6.92. The van der Waals surface area contributed by atoms with E-state index in [4.69, 9.17) is 4.84 Å². The average Bonchev–Trinajstić information content (AvgIpc) is 3.36. The maximum atomic E-state index is 14.4. The molecule has 2 heterocycles. The van der Waals surface area contributed by atoms with Gasteiger partial charge in [-0.05, 0) is 31.9 Å². The number of nitrogens with one attached hydrogen (secondary N) is 1. The predicted molar refractivity (Wildman–Crippen MR) is 130 cm³/mol. The summed E-state index contributed by atoms with van der Waals surface area (Å²) in [6, 6.07) is 0.297. The number of oxime groups is 1. The zero-order valence-electron chi connectivity index (χ0n) is 22.8. The molecule has 2 atom stereocenters. The summed E-state index contributed by atoms with van der Waals surface area (Å²) in [6.07, 6.45) is -21.3. The molecule has 3 amide bonds. The van der Waals surface area contributed by atoms with Crippen LogP contribution in [0.3, 0.4) is 0 Å². The molecule has 45 heavy (non-hydrogen) atoms. The van der Waals surface area contributed by atoms with E-state index in [1.807, 2.05) is 5.43 Å². The van der Waals surface area contributed by atoms with Gasteiger partial charge >= 0.3 is 30.7 Å². The Morgan fingerprint density at radius 3 is 2.27 bits per heavy atom. The first kappa shape index (κ1) is 34.0. The number of nitrogens with zero attached hydrogens (tertiary/aromatic N) is 3. The highest BCUT2D eigenvalue weighted by atomic mass is 19.4. The summed E-state index contributed by atoms with van der Waals surface area (Å²) in [5.41, 5.74) is -7.07. The number of hydrogen-bond acceptors (Lipinski definition) is 4. The summed E-state index contributed by atoms with van der Waals surface area (Å²) in [5, 5.41) is 3.70. The molecule has 4 rings (SSSR count). The molecule has 19 heteroatoms. The fraction of sp³-hybridized carbons (Fsp3) is 0.500. The molecule has 248 valence electrons. The number of urea groups is 1. The van der Waals surface area contributed by atoms with Crippen LogP contribution in [0.1, 0.15) is 47.7 Å². The molecule has 1 aromatic rings. The second-order valence-electron chi connectivity index (χ2n) is 10.6. The van der Waals surface area contributed by atoms with Crippen molar-refractivity contribution in [2.24, 2.45) is 11.1 Å². The van der Waals surface area contributed by atoms with Gasteiger partial charge in [-0.3, -0.25) is 10.2 Å². The van der Waals surface area contributed by atoms with E-state index in [2.05, 4.69) is 5.16 Å². The van der Waals surface area contributed by atoms with E-state index < -0.39 is 95.5 Å². The Hall–Kier alpha value is -3.93. The van der Waals surface area contributed by atoms with Crippen molar-refractivity contribution in [1.29, 1.82) is 0 Å². The molecule has 7 nitrogen and oxygen atoms in total. The molecule has 0 spiro atoms. The quantitative estimate of drug-likeness (QED) is 0.347. The normalized spacial score (nSPS) is 23.4. The van der Waals surface area contributed by atoms with Gasteiger partial charge in [-0.15, -0.1) is 0 Å². The Morgan fingerprint density at radius 2 is 1.69 bits per heavy atom. The van der Waals surface area contributed by atoms with Gasteiger partial charge in [-0.2, -0.15) is 52.7 Å². The highest BCUT2D eigenvalue weighted by molar-refractivity contribution is 6.04. The summed E-state index contributed by atoms with van der Waals surface area (Å²) in [7, 11) is 0. The molecule has 0 radical (unpaired) electrons. The van der Waals surface area contributed by atoms with E-state index in [1.54, 1.807) is 0 Å². The average molecular weight is 666 g/mol. The van der Waals surface area contributed by atoms with Crippen molar-refractivity contribution in [3.05, 3.63) is 58.2 Å². The summed E-state index contributed by atoms with van der Waals surface area (Å²) in [6.45, 7) is -1.19. The maximum Gasteiger partial charge on any atom is 0.431 e. The lowest BCUT2D eigenvalue weighted by Gasteiger charge is -2.37. The Labute approximate surface area is 246 Å². The number of halogens is 12. The number of allylic oxidation sites excluding steroid dienone is 3. The van der Waals surface area contributed by atoms with Gasteiger partial charge in [0.25, 0.3) is 5.91 Å². The van der Waals surface area contributed by atoms with Gasteiger partial charge in [-0.1, -0.05) is 28.9 Å². The SMILES string of the molecule is CC1=CC(C2(C(F)(F)F)CC(c3ccc(C(=O)NN4CCCN(CC(F)(F)F)C4=O)c(C(F)(F)F)c3)=NO2)CC(C(F)(F)F)=C1. The minimum absolute atomic E-state index is 0.0656.